The van der Waals surface area contributed by atoms with Crippen molar-refractivity contribution in [2.75, 3.05) is 13.7 Å². The maximum atomic E-state index is 12.5. The summed E-state index contributed by atoms with van der Waals surface area (Å²) in [6.45, 7) is 2.69. The maximum absolute atomic E-state index is 12.5. The average Bonchev–Trinajstić information content (AvgIpc) is 3.15. The van der Waals surface area contributed by atoms with Crippen LogP contribution in [0.2, 0.25) is 0 Å². The number of amides is 1. The molecule has 0 unspecified atom stereocenters. The molecule has 0 spiro atoms. The van der Waals surface area contributed by atoms with Gasteiger partial charge in [0.1, 0.15) is 12.1 Å². The molecule has 1 aliphatic rings. The van der Waals surface area contributed by atoms with Gasteiger partial charge in [-0.15, -0.1) is 10.2 Å². The van der Waals surface area contributed by atoms with E-state index in [0.29, 0.717) is 11.1 Å². The van der Waals surface area contributed by atoms with Gasteiger partial charge in [-0.2, -0.15) is 0 Å². The van der Waals surface area contributed by atoms with E-state index in [1.165, 1.54) is 43.9 Å². The Hall–Kier alpha value is -2.02. The van der Waals surface area contributed by atoms with Gasteiger partial charge in [0, 0.05) is 12.6 Å². The largest absolute Gasteiger partial charge is 0.497 e. The first-order chi connectivity index (χ1) is 12.7. The lowest BCUT2D eigenvalue weighted by Crippen LogP contribution is -2.35. The van der Waals surface area contributed by atoms with Gasteiger partial charge >= 0.3 is 0 Å². The molecule has 0 aliphatic heterocycles. The molecule has 7 heteroatoms. The van der Waals surface area contributed by atoms with Gasteiger partial charge in [-0.05, 0) is 37.8 Å². The normalized spacial score (nSPS) is 16.2. The van der Waals surface area contributed by atoms with Gasteiger partial charge in [0.2, 0.25) is 5.91 Å². The predicted molar refractivity (Wildman–Crippen MR) is 103 cm³/mol. The van der Waals surface area contributed by atoms with Crippen LogP contribution in [0.25, 0.3) is 5.69 Å². The molecule has 26 heavy (non-hydrogen) atoms. The zero-order chi connectivity index (χ0) is 18.4. The van der Waals surface area contributed by atoms with Crippen LogP contribution in [0.3, 0.4) is 0 Å². The predicted octanol–water partition coefficient (Wildman–Crippen LogP) is 3.45. The Kier molecular flexibility index (Phi) is 6.55. The van der Waals surface area contributed by atoms with Crippen molar-refractivity contribution in [1.29, 1.82) is 0 Å². The third-order valence-electron chi connectivity index (χ3n) is 4.79. The first-order valence-electron chi connectivity index (χ1n) is 9.16. The molecule has 1 amide bonds. The van der Waals surface area contributed by atoms with Crippen LogP contribution in [0, 0.1) is 5.92 Å². The molecule has 3 rings (SSSR count). The minimum absolute atomic E-state index is 0.0563. The minimum atomic E-state index is -0.229. The summed E-state index contributed by atoms with van der Waals surface area (Å²) >= 11 is 1.42. The molecule has 140 valence electrons. The van der Waals surface area contributed by atoms with Gasteiger partial charge in [-0.25, -0.2) is 0 Å². The Bertz CT molecular complexity index is 728. The summed E-state index contributed by atoms with van der Waals surface area (Å²) in [4.78, 5) is 12.5. The van der Waals surface area contributed by atoms with E-state index in [0.717, 1.165) is 18.0 Å². The summed E-state index contributed by atoms with van der Waals surface area (Å²) in [6.07, 6.45) is 8.02. The number of thioether (sulfide) groups is 1. The topological polar surface area (TPSA) is 69.0 Å². The molecule has 0 radical (unpaired) electrons. The van der Waals surface area contributed by atoms with Crippen LogP contribution in [0.4, 0.5) is 0 Å². The van der Waals surface area contributed by atoms with Crippen LogP contribution < -0.4 is 10.1 Å². The lowest BCUT2D eigenvalue weighted by atomic mass is 9.89. The van der Waals surface area contributed by atoms with E-state index in [4.69, 9.17) is 4.74 Å². The first kappa shape index (κ1) is 18.8. The number of carbonyl (C=O) groups is 1. The van der Waals surface area contributed by atoms with E-state index >= 15 is 0 Å². The number of methoxy groups -OCH3 is 1. The minimum Gasteiger partial charge on any atom is -0.497 e. The van der Waals surface area contributed by atoms with Crippen molar-refractivity contribution < 1.29 is 9.53 Å². The highest BCUT2D eigenvalue weighted by Crippen LogP contribution is 2.26. The number of benzene rings is 1. The second-order valence-corrected chi connectivity index (χ2v) is 8.00. The second kappa shape index (κ2) is 9.07. The molecule has 1 heterocycles. The summed E-state index contributed by atoms with van der Waals surface area (Å²) in [7, 11) is 1.64. The van der Waals surface area contributed by atoms with Crippen LogP contribution in [-0.4, -0.2) is 39.6 Å². The third kappa shape index (κ3) is 4.78. The molecule has 1 aromatic carbocycles. The lowest BCUT2D eigenvalue weighted by Gasteiger charge is -2.22. The highest BCUT2D eigenvalue weighted by Gasteiger charge is 2.20. The molecule has 1 saturated carbocycles. The maximum Gasteiger partial charge on any atom is 0.233 e. The van der Waals surface area contributed by atoms with Crippen molar-refractivity contribution in [2.45, 2.75) is 49.4 Å². The van der Waals surface area contributed by atoms with Crippen LogP contribution in [0.15, 0.2) is 35.7 Å². The number of nitrogens with zero attached hydrogens (tertiary/aromatic N) is 3. The number of aromatic nitrogens is 3. The molecule has 1 aromatic heterocycles. The number of hydrogen-bond acceptors (Lipinski definition) is 5. The summed E-state index contributed by atoms with van der Waals surface area (Å²) in [5, 5.41) is 11.7. The van der Waals surface area contributed by atoms with Crippen LogP contribution in [-0.2, 0) is 4.79 Å². The van der Waals surface area contributed by atoms with Gasteiger partial charge < -0.3 is 10.1 Å². The number of hydrogen-bond donors (Lipinski definition) is 1. The fourth-order valence-corrected chi connectivity index (χ4v) is 4.10. The van der Waals surface area contributed by atoms with Gasteiger partial charge in [-0.3, -0.25) is 9.36 Å². The summed E-state index contributed by atoms with van der Waals surface area (Å²) in [5.74, 6) is 1.46. The highest BCUT2D eigenvalue weighted by molar-refractivity contribution is 8.00. The quantitative estimate of drug-likeness (QED) is 0.752. The Balaban J connectivity index is 1.59. The van der Waals surface area contributed by atoms with Crippen LogP contribution >= 0.6 is 11.8 Å². The molecule has 1 N–H and O–H groups in total. The Morgan fingerprint density at radius 2 is 2.19 bits per heavy atom. The zero-order valence-corrected chi connectivity index (χ0v) is 16.2. The molecule has 2 aromatic rings. The molecule has 6 nitrogen and oxygen atoms in total. The average molecular weight is 375 g/mol. The monoisotopic (exact) mass is 374 g/mol. The van der Waals surface area contributed by atoms with E-state index in [1.54, 1.807) is 13.4 Å². The Labute approximate surface area is 158 Å². The number of nitrogens with one attached hydrogen (secondary N) is 1. The summed E-state index contributed by atoms with van der Waals surface area (Å²) < 4.78 is 7.15. The molecule has 0 saturated heterocycles. The van der Waals surface area contributed by atoms with Crippen molar-refractivity contribution >= 4 is 17.7 Å². The van der Waals surface area contributed by atoms with Gasteiger partial charge in [-0.1, -0.05) is 37.1 Å². The molecule has 1 atom stereocenters. The second-order valence-electron chi connectivity index (χ2n) is 6.69. The standard InChI is InChI=1S/C19H26N4O2S/c1-14(18(24)20-12-15-7-4-3-5-8-15)26-19-22-21-13-23(19)16-9-6-10-17(11-16)25-2/h6,9-11,13-15H,3-5,7-8,12H2,1-2H3,(H,20,24)/t14-/m1/s1. The van der Waals surface area contributed by atoms with Gasteiger partial charge in [0.15, 0.2) is 5.16 Å². The zero-order valence-electron chi connectivity index (χ0n) is 15.4. The fraction of sp³-hybridized carbons (Fsp3) is 0.526. The van der Waals surface area contributed by atoms with E-state index in [-0.39, 0.29) is 11.2 Å². The smallest absolute Gasteiger partial charge is 0.233 e. The molecule has 1 aliphatic carbocycles. The SMILES string of the molecule is COc1cccc(-n2cnnc2S[C@H](C)C(=O)NCC2CCCCC2)c1. The van der Waals surface area contributed by atoms with Crippen molar-refractivity contribution in [3.63, 3.8) is 0 Å². The third-order valence-corrected chi connectivity index (χ3v) is 5.85. The summed E-state index contributed by atoms with van der Waals surface area (Å²) in [5.41, 5.74) is 0.909. The van der Waals surface area contributed by atoms with Crippen molar-refractivity contribution in [1.82, 2.24) is 20.1 Å². The Morgan fingerprint density at radius 3 is 2.96 bits per heavy atom. The molecular weight excluding hydrogens is 348 g/mol. The van der Waals surface area contributed by atoms with Crippen molar-refractivity contribution in [3.05, 3.63) is 30.6 Å². The number of ether oxygens (including phenoxy) is 1. The van der Waals surface area contributed by atoms with Crippen LogP contribution in [0.1, 0.15) is 39.0 Å². The van der Waals surface area contributed by atoms with E-state index in [9.17, 15) is 4.79 Å². The summed E-state index contributed by atoms with van der Waals surface area (Å²) in [6, 6.07) is 7.69. The molecular formula is C19H26N4O2S. The van der Waals surface area contributed by atoms with E-state index in [2.05, 4.69) is 15.5 Å². The van der Waals surface area contributed by atoms with Crippen LogP contribution in [0.5, 0.6) is 5.75 Å². The van der Waals surface area contributed by atoms with E-state index < -0.39 is 0 Å². The molecule has 1 fully saturated rings. The van der Waals surface area contributed by atoms with E-state index in [1.807, 2.05) is 35.8 Å². The number of rotatable bonds is 7. The Morgan fingerprint density at radius 1 is 1.38 bits per heavy atom. The van der Waals surface area contributed by atoms with Gasteiger partial charge in [0.25, 0.3) is 0 Å². The first-order valence-corrected chi connectivity index (χ1v) is 10.0. The molecule has 0 bridgehead atoms. The van der Waals surface area contributed by atoms with Crippen molar-refractivity contribution in [2.24, 2.45) is 5.92 Å². The van der Waals surface area contributed by atoms with Crippen molar-refractivity contribution in [3.8, 4) is 11.4 Å². The number of carbonyl (C=O) groups excluding carboxylic acids is 1. The highest BCUT2D eigenvalue weighted by atomic mass is 32.2. The fourth-order valence-electron chi connectivity index (χ4n) is 3.23. The van der Waals surface area contributed by atoms with Gasteiger partial charge in [0.05, 0.1) is 18.0 Å². The lowest BCUT2D eigenvalue weighted by molar-refractivity contribution is -0.120.